The molecule has 1 aliphatic heterocycles. The Morgan fingerprint density at radius 2 is 1.81 bits per heavy atom. The first-order chi connectivity index (χ1) is 7.85. The predicted octanol–water partition coefficient (Wildman–Crippen LogP) is 2.16. The summed E-state index contributed by atoms with van der Waals surface area (Å²) < 4.78 is 10.9. The molecule has 2 rings (SSSR count). The summed E-state index contributed by atoms with van der Waals surface area (Å²) in [6.45, 7) is 13.1. The molecule has 0 aromatic heterocycles. The van der Waals surface area contributed by atoms with Gasteiger partial charge in [0.2, 0.25) is 0 Å². The van der Waals surface area contributed by atoms with E-state index in [9.17, 15) is 0 Å². The molecule has 1 aliphatic carbocycles. The molecule has 0 aromatic carbocycles. The molecule has 2 aliphatic rings. The fourth-order valence-electron chi connectivity index (χ4n) is 2.08. The summed E-state index contributed by atoms with van der Waals surface area (Å²) in [7, 11) is 0. The molecule has 1 saturated heterocycles. The number of hydrogen-bond donors (Lipinski definition) is 0. The molecule has 0 amide bonds. The van der Waals surface area contributed by atoms with Crippen molar-refractivity contribution in [2.45, 2.75) is 33.6 Å². The molecule has 3 heteroatoms. The van der Waals surface area contributed by atoms with Crippen molar-refractivity contribution < 1.29 is 9.47 Å². The lowest BCUT2D eigenvalue weighted by Crippen LogP contribution is -2.40. The van der Waals surface area contributed by atoms with Crippen LogP contribution in [0.5, 0.6) is 0 Å². The van der Waals surface area contributed by atoms with Crippen molar-refractivity contribution in [3.05, 3.63) is 0 Å². The van der Waals surface area contributed by atoms with Gasteiger partial charge in [0.05, 0.1) is 19.8 Å². The zero-order chi connectivity index (χ0) is 11.9. The average Bonchev–Trinajstić information content (AvgIpc) is 3.11. The normalized spacial score (nSPS) is 23.4. The number of ether oxygens (including phenoxy) is 2. The maximum Gasteiger partial charge on any atom is 0.0594 e. The van der Waals surface area contributed by atoms with E-state index in [0.717, 1.165) is 39.5 Å². The molecular weight excluding hydrogens is 202 g/mol. The third-order valence-corrected chi connectivity index (χ3v) is 3.23. The number of morpholine rings is 1. The van der Waals surface area contributed by atoms with E-state index < -0.39 is 0 Å². The monoisotopic (exact) mass is 229 g/mol. The highest BCUT2D eigenvalue weighted by atomic mass is 16.5. The molecule has 0 N–H and O–H groups in total. The van der Waals surface area contributed by atoms with Gasteiger partial charge < -0.3 is 9.47 Å². The third-order valence-electron chi connectivity index (χ3n) is 3.23. The highest BCUT2D eigenvalue weighted by Gasteiger charge is 2.44. The average molecular weight is 229 g/mol. The fourth-order valence-corrected chi connectivity index (χ4v) is 2.08. The summed E-state index contributed by atoms with van der Waals surface area (Å²) in [4.78, 5) is 2.52. The van der Waals surface area contributed by atoms with Crippen LogP contribution >= 0.6 is 0 Å². The van der Waals surface area contributed by atoms with Crippen LogP contribution in [0.1, 0.15) is 33.6 Å². The minimum Gasteiger partial charge on any atom is -0.381 e. The molecule has 0 radical (unpaired) electrons. The molecule has 2 fully saturated rings. The van der Waals surface area contributed by atoms with E-state index in [-0.39, 0.29) is 0 Å². The maximum absolute atomic E-state index is 5.54. The number of nitrogens with zero attached hydrogens (tertiary/aromatic N) is 1. The van der Waals surface area contributed by atoms with Crippen LogP contribution < -0.4 is 0 Å². The summed E-state index contributed by atoms with van der Waals surface area (Å²) >= 11 is 0. The molecule has 0 atom stereocenters. The lowest BCUT2D eigenvalue weighted by atomic mass is 10.1. The highest BCUT2D eigenvalue weighted by Crippen LogP contribution is 2.46. The SMILES string of the molecule is CC.CCOCC1(CN2CCOCC2)CC1. The topological polar surface area (TPSA) is 21.7 Å². The second-order valence-corrected chi connectivity index (χ2v) is 4.53. The molecule has 16 heavy (non-hydrogen) atoms. The maximum atomic E-state index is 5.54. The van der Waals surface area contributed by atoms with E-state index in [2.05, 4.69) is 11.8 Å². The minimum atomic E-state index is 0.507. The van der Waals surface area contributed by atoms with Crippen LogP contribution in [-0.4, -0.2) is 51.0 Å². The second kappa shape index (κ2) is 7.25. The van der Waals surface area contributed by atoms with Crippen molar-refractivity contribution in [3.8, 4) is 0 Å². The van der Waals surface area contributed by atoms with Gasteiger partial charge in [-0.3, -0.25) is 4.90 Å². The predicted molar refractivity (Wildman–Crippen MR) is 66.8 cm³/mol. The molecule has 0 spiro atoms. The van der Waals surface area contributed by atoms with Crippen molar-refractivity contribution in [3.63, 3.8) is 0 Å². The quantitative estimate of drug-likeness (QED) is 0.721. The summed E-state index contributed by atoms with van der Waals surface area (Å²) in [5.74, 6) is 0. The van der Waals surface area contributed by atoms with E-state index in [0.29, 0.717) is 5.41 Å². The molecule has 96 valence electrons. The molecule has 1 saturated carbocycles. The fraction of sp³-hybridized carbons (Fsp3) is 1.00. The third kappa shape index (κ3) is 4.40. The Morgan fingerprint density at radius 1 is 1.19 bits per heavy atom. The van der Waals surface area contributed by atoms with E-state index in [1.165, 1.54) is 19.4 Å². The van der Waals surface area contributed by atoms with Gasteiger partial charge >= 0.3 is 0 Å². The summed E-state index contributed by atoms with van der Waals surface area (Å²) in [6, 6.07) is 0. The van der Waals surface area contributed by atoms with Gasteiger partial charge in [-0.1, -0.05) is 13.8 Å². The van der Waals surface area contributed by atoms with Gasteiger partial charge in [0.15, 0.2) is 0 Å². The van der Waals surface area contributed by atoms with E-state index in [1.54, 1.807) is 0 Å². The van der Waals surface area contributed by atoms with Crippen molar-refractivity contribution in [2.75, 3.05) is 46.1 Å². The zero-order valence-corrected chi connectivity index (χ0v) is 11.1. The number of hydrogen-bond acceptors (Lipinski definition) is 3. The molecule has 0 unspecified atom stereocenters. The largest absolute Gasteiger partial charge is 0.381 e. The van der Waals surface area contributed by atoms with Crippen molar-refractivity contribution in [2.24, 2.45) is 5.41 Å². The zero-order valence-electron chi connectivity index (χ0n) is 11.1. The van der Waals surface area contributed by atoms with E-state index in [4.69, 9.17) is 9.47 Å². The Bertz CT molecular complexity index is 175. The minimum absolute atomic E-state index is 0.507. The van der Waals surface area contributed by atoms with Crippen molar-refractivity contribution in [1.29, 1.82) is 0 Å². The number of rotatable bonds is 5. The van der Waals surface area contributed by atoms with Crippen LogP contribution in [0.4, 0.5) is 0 Å². The Labute approximate surface area is 100 Å². The molecule has 1 heterocycles. The van der Waals surface area contributed by atoms with E-state index in [1.807, 2.05) is 13.8 Å². The second-order valence-electron chi connectivity index (χ2n) is 4.53. The van der Waals surface area contributed by atoms with Gasteiger partial charge in [-0.15, -0.1) is 0 Å². The molecule has 3 nitrogen and oxygen atoms in total. The summed E-state index contributed by atoms with van der Waals surface area (Å²) in [5.41, 5.74) is 0.507. The standard InChI is InChI=1S/C11H21NO2.C2H6/c1-2-13-10-11(3-4-11)9-12-5-7-14-8-6-12;1-2/h2-10H2,1H3;1-2H3. The summed E-state index contributed by atoms with van der Waals surface area (Å²) in [5, 5.41) is 0. The Balaban J connectivity index is 0.000000606. The lowest BCUT2D eigenvalue weighted by Gasteiger charge is -2.30. The van der Waals surface area contributed by atoms with Crippen LogP contribution in [-0.2, 0) is 9.47 Å². The molecule has 0 bridgehead atoms. The molecular formula is C13H27NO2. The first-order valence-corrected chi connectivity index (χ1v) is 6.72. The van der Waals surface area contributed by atoms with Crippen LogP contribution in [0.15, 0.2) is 0 Å². The van der Waals surface area contributed by atoms with Crippen LogP contribution in [0.2, 0.25) is 0 Å². The van der Waals surface area contributed by atoms with Gasteiger partial charge in [0.1, 0.15) is 0 Å². The Kier molecular flexibility index (Phi) is 6.32. The van der Waals surface area contributed by atoms with Gasteiger partial charge in [-0.05, 0) is 19.8 Å². The molecule has 0 aromatic rings. The van der Waals surface area contributed by atoms with Crippen LogP contribution in [0, 0.1) is 5.41 Å². The van der Waals surface area contributed by atoms with E-state index >= 15 is 0 Å². The van der Waals surface area contributed by atoms with Crippen molar-refractivity contribution in [1.82, 2.24) is 4.90 Å². The first-order valence-electron chi connectivity index (χ1n) is 6.72. The van der Waals surface area contributed by atoms with Crippen LogP contribution in [0.25, 0.3) is 0 Å². The van der Waals surface area contributed by atoms with Gasteiger partial charge in [-0.2, -0.15) is 0 Å². The summed E-state index contributed by atoms with van der Waals surface area (Å²) in [6.07, 6.45) is 2.70. The van der Waals surface area contributed by atoms with Gasteiger partial charge in [-0.25, -0.2) is 0 Å². The first kappa shape index (κ1) is 13.9. The highest BCUT2D eigenvalue weighted by molar-refractivity contribution is 4.95. The smallest absolute Gasteiger partial charge is 0.0594 e. The van der Waals surface area contributed by atoms with Gasteiger partial charge in [0, 0.05) is 31.7 Å². The Hall–Kier alpha value is -0.120. The van der Waals surface area contributed by atoms with Gasteiger partial charge in [0.25, 0.3) is 0 Å². The van der Waals surface area contributed by atoms with Crippen LogP contribution in [0.3, 0.4) is 0 Å². The Morgan fingerprint density at radius 3 is 2.31 bits per heavy atom. The van der Waals surface area contributed by atoms with Crippen molar-refractivity contribution >= 4 is 0 Å². The lowest BCUT2D eigenvalue weighted by molar-refractivity contribution is 0.0140.